The van der Waals surface area contributed by atoms with Gasteiger partial charge in [-0.2, -0.15) is 0 Å². The summed E-state index contributed by atoms with van der Waals surface area (Å²) in [4.78, 5) is 12.1. The Balaban J connectivity index is 1.46. The van der Waals surface area contributed by atoms with Crippen LogP contribution < -0.4 is 15.4 Å². The molecule has 1 saturated heterocycles. The zero-order valence-electron chi connectivity index (χ0n) is 15.3. The van der Waals surface area contributed by atoms with Crippen molar-refractivity contribution in [1.82, 2.24) is 15.4 Å². The van der Waals surface area contributed by atoms with Crippen LogP contribution in [0.25, 0.3) is 0 Å². The number of hydrogen-bond donors (Lipinski definition) is 3. The molecule has 0 aromatic heterocycles. The van der Waals surface area contributed by atoms with E-state index in [-0.39, 0.29) is 35.0 Å². The van der Waals surface area contributed by atoms with E-state index in [1.54, 1.807) is 0 Å². The van der Waals surface area contributed by atoms with Gasteiger partial charge in [0.15, 0.2) is 0 Å². The van der Waals surface area contributed by atoms with Gasteiger partial charge in [-0.05, 0) is 56.4 Å². The fourth-order valence-electron chi connectivity index (χ4n) is 3.33. The van der Waals surface area contributed by atoms with E-state index in [9.17, 15) is 17.6 Å². The average Bonchev–Trinajstić information content (AvgIpc) is 2.64. The zero-order chi connectivity index (χ0) is 19.4. The van der Waals surface area contributed by atoms with Crippen LogP contribution in [0.4, 0.5) is 4.39 Å². The Morgan fingerprint density at radius 1 is 1.19 bits per heavy atom. The summed E-state index contributed by atoms with van der Waals surface area (Å²) < 4.78 is 45.4. The molecule has 1 aromatic carbocycles. The summed E-state index contributed by atoms with van der Waals surface area (Å²) in [6, 6.07) is 4.16. The topological polar surface area (TPSA) is 96.5 Å². The molecule has 1 aromatic rings. The van der Waals surface area contributed by atoms with Crippen LogP contribution in [0.15, 0.2) is 23.1 Å². The van der Waals surface area contributed by atoms with E-state index in [2.05, 4.69) is 15.4 Å². The molecule has 0 spiro atoms. The van der Waals surface area contributed by atoms with Gasteiger partial charge in [-0.15, -0.1) is 0 Å². The molecule has 0 radical (unpaired) electrons. The fraction of sp³-hybridized carbons (Fsp3) is 0.611. The normalized spacial score (nSPS) is 23.6. The minimum absolute atomic E-state index is 0.0120. The van der Waals surface area contributed by atoms with Gasteiger partial charge in [0.25, 0.3) is 0 Å². The number of sulfonamides is 1. The number of carbonyl (C=O) groups excluding carboxylic acids is 1. The summed E-state index contributed by atoms with van der Waals surface area (Å²) in [5.74, 6) is -0.847. The quantitative estimate of drug-likeness (QED) is 0.631. The van der Waals surface area contributed by atoms with Gasteiger partial charge in [-0.3, -0.25) is 4.79 Å². The lowest BCUT2D eigenvalue weighted by Crippen LogP contribution is -2.60. The van der Waals surface area contributed by atoms with Crippen molar-refractivity contribution in [2.45, 2.75) is 55.6 Å². The first-order valence-corrected chi connectivity index (χ1v) is 10.7. The molecule has 27 heavy (non-hydrogen) atoms. The first-order chi connectivity index (χ1) is 12.8. The molecule has 2 aliphatic rings. The van der Waals surface area contributed by atoms with Gasteiger partial charge in [0.1, 0.15) is 5.82 Å². The van der Waals surface area contributed by atoms with Crippen LogP contribution in [0.2, 0.25) is 0 Å². The van der Waals surface area contributed by atoms with Gasteiger partial charge in [0.2, 0.25) is 15.9 Å². The van der Waals surface area contributed by atoms with Gasteiger partial charge in [-0.1, -0.05) is 0 Å². The zero-order valence-corrected chi connectivity index (χ0v) is 16.1. The van der Waals surface area contributed by atoms with Crippen molar-refractivity contribution in [1.29, 1.82) is 0 Å². The largest absolute Gasteiger partial charge is 0.381 e. The number of amides is 1. The van der Waals surface area contributed by atoms with Crippen LogP contribution in [0, 0.1) is 12.7 Å². The van der Waals surface area contributed by atoms with Crippen molar-refractivity contribution in [3.63, 3.8) is 0 Å². The van der Waals surface area contributed by atoms with Crippen LogP contribution in [-0.2, 0) is 19.6 Å². The van der Waals surface area contributed by atoms with Crippen LogP contribution in [0.3, 0.4) is 0 Å². The maximum absolute atomic E-state index is 13.3. The van der Waals surface area contributed by atoms with E-state index in [1.165, 1.54) is 19.1 Å². The number of hydrogen-bond acceptors (Lipinski definition) is 5. The number of nitrogens with one attached hydrogen (secondary N) is 3. The Kier molecular flexibility index (Phi) is 6.46. The Morgan fingerprint density at radius 3 is 2.52 bits per heavy atom. The van der Waals surface area contributed by atoms with Gasteiger partial charge < -0.3 is 15.4 Å². The Hall–Kier alpha value is -1.55. The molecule has 7 nitrogen and oxygen atoms in total. The summed E-state index contributed by atoms with van der Waals surface area (Å²) in [6.07, 6.45) is 3.79. The molecule has 1 heterocycles. The molecule has 2 fully saturated rings. The summed E-state index contributed by atoms with van der Waals surface area (Å²) in [7, 11) is -3.86. The Bertz CT molecular complexity index is 781. The lowest BCUT2D eigenvalue weighted by atomic mass is 9.85. The van der Waals surface area contributed by atoms with Crippen molar-refractivity contribution in [2.24, 2.45) is 0 Å². The smallest absolute Gasteiger partial charge is 0.241 e. The highest BCUT2D eigenvalue weighted by Crippen LogP contribution is 2.22. The van der Waals surface area contributed by atoms with E-state index >= 15 is 0 Å². The number of halogens is 1. The van der Waals surface area contributed by atoms with E-state index in [4.69, 9.17) is 4.74 Å². The van der Waals surface area contributed by atoms with Gasteiger partial charge in [0.05, 0.1) is 11.4 Å². The van der Waals surface area contributed by atoms with Crippen molar-refractivity contribution >= 4 is 15.9 Å². The van der Waals surface area contributed by atoms with E-state index in [0.29, 0.717) is 6.04 Å². The first-order valence-electron chi connectivity index (χ1n) is 9.24. The van der Waals surface area contributed by atoms with Crippen LogP contribution in [0.1, 0.15) is 31.2 Å². The predicted octanol–water partition coefficient (Wildman–Crippen LogP) is 0.828. The molecule has 150 valence electrons. The number of benzene rings is 1. The molecule has 3 rings (SSSR count). The second-order valence-electron chi connectivity index (χ2n) is 7.15. The Morgan fingerprint density at radius 2 is 1.89 bits per heavy atom. The number of aryl methyl sites for hydroxylation is 1. The Labute approximate surface area is 159 Å². The van der Waals surface area contributed by atoms with Crippen LogP contribution >= 0.6 is 0 Å². The number of rotatable bonds is 7. The second-order valence-corrected chi connectivity index (χ2v) is 8.91. The molecule has 0 bridgehead atoms. The van der Waals surface area contributed by atoms with Gasteiger partial charge in [0, 0.05) is 31.3 Å². The lowest BCUT2D eigenvalue weighted by molar-refractivity contribution is -0.121. The minimum Gasteiger partial charge on any atom is -0.381 e. The molecule has 9 heteroatoms. The molecular weight excluding hydrogens is 373 g/mol. The van der Waals surface area contributed by atoms with Crippen molar-refractivity contribution < 1.29 is 22.3 Å². The molecular formula is C18H26FN3O4S. The molecule has 1 aliphatic heterocycles. The third-order valence-electron chi connectivity index (χ3n) is 5.15. The van der Waals surface area contributed by atoms with E-state index < -0.39 is 15.8 Å². The van der Waals surface area contributed by atoms with E-state index in [1.807, 2.05) is 0 Å². The number of carbonyl (C=O) groups is 1. The summed E-state index contributed by atoms with van der Waals surface area (Å²) in [6.45, 7) is 2.65. The second kappa shape index (κ2) is 8.64. The van der Waals surface area contributed by atoms with Crippen LogP contribution in [-0.4, -0.2) is 52.2 Å². The van der Waals surface area contributed by atoms with Crippen molar-refractivity contribution in [3.05, 3.63) is 29.6 Å². The predicted molar refractivity (Wildman–Crippen MR) is 98.3 cm³/mol. The van der Waals surface area contributed by atoms with Crippen molar-refractivity contribution in [3.8, 4) is 0 Å². The maximum atomic E-state index is 13.3. The van der Waals surface area contributed by atoms with Gasteiger partial charge in [-0.25, -0.2) is 17.5 Å². The standard InChI is InChI=1S/C18H26FN3O4S/c1-12-10-14(2-3-15(12)19)27(24,25)20-11-18(23)22-17-5-4-16(17)21-13-6-8-26-9-7-13/h2-3,10,13,16-17,20-21H,4-9,11H2,1H3,(H,22,23)/t16-,17+/m1/s1. The number of ether oxygens (including phenoxy) is 1. The van der Waals surface area contributed by atoms with Crippen LogP contribution in [0.5, 0.6) is 0 Å². The highest BCUT2D eigenvalue weighted by Gasteiger charge is 2.33. The summed E-state index contributed by atoms with van der Waals surface area (Å²) >= 11 is 0. The van der Waals surface area contributed by atoms with Crippen molar-refractivity contribution in [2.75, 3.05) is 19.8 Å². The first kappa shape index (κ1) is 20.2. The molecule has 2 atom stereocenters. The lowest BCUT2D eigenvalue weighted by Gasteiger charge is -2.41. The molecule has 3 N–H and O–H groups in total. The SMILES string of the molecule is Cc1cc(S(=O)(=O)NCC(=O)N[C@H]2CC[C@H]2NC2CCOCC2)ccc1F. The fourth-order valence-corrected chi connectivity index (χ4v) is 4.39. The highest BCUT2D eigenvalue weighted by molar-refractivity contribution is 7.89. The summed E-state index contributed by atoms with van der Waals surface area (Å²) in [5.41, 5.74) is 0.235. The maximum Gasteiger partial charge on any atom is 0.241 e. The third-order valence-corrected chi connectivity index (χ3v) is 6.55. The molecule has 1 amide bonds. The molecule has 1 saturated carbocycles. The summed E-state index contributed by atoms with van der Waals surface area (Å²) in [5, 5.41) is 6.43. The third kappa shape index (κ3) is 5.25. The van der Waals surface area contributed by atoms with Gasteiger partial charge >= 0.3 is 0 Å². The average molecular weight is 399 g/mol. The molecule has 1 aliphatic carbocycles. The monoisotopic (exact) mass is 399 g/mol. The van der Waals surface area contributed by atoms with E-state index in [0.717, 1.165) is 45.0 Å². The molecule has 0 unspecified atom stereocenters. The highest BCUT2D eigenvalue weighted by atomic mass is 32.2. The minimum atomic E-state index is -3.86.